The van der Waals surface area contributed by atoms with Crippen LogP contribution in [0.15, 0.2) is 30.3 Å². The SMILES string of the molecule is O=C(CC1CCCC1)N[C@@H](Cc1ccccc1)C(=O)O. The van der Waals surface area contributed by atoms with Crippen molar-refractivity contribution in [1.29, 1.82) is 0 Å². The Kier molecular flexibility index (Phi) is 5.16. The Hall–Kier alpha value is -1.84. The second-order valence-electron chi connectivity index (χ2n) is 5.50. The van der Waals surface area contributed by atoms with Crippen molar-refractivity contribution < 1.29 is 14.7 Å². The van der Waals surface area contributed by atoms with Crippen molar-refractivity contribution in [2.75, 3.05) is 0 Å². The van der Waals surface area contributed by atoms with E-state index in [1.165, 1.54) is 12.8 Å². The third-order valence-corrected chi connectivity index (χ3v) is 3.86. The van der Waals surface area contributed by atoms with E-state index in [0.717, 1.165) is 18.4 Å². The van der Waals surface area contributed by atoms with Gasteiger partial charge in [0.15, 0.2) is 0 Å². The molecule has 4 nitrogen and oxygen atoms in total. The predicted octanol–water partition coefficient (Wildman–Crippen LogP) is 2.38. The number of carboxylic acids is 1. The fourth-order valence-corrected chi connectivity index (χ4v) is 2.78. The molecule has 4 heteroatoms. The molecule has 1 aromatic carbocycles. The number of nitrogens with one attached hydrogen (secondary N) is 1. The van der Waals surface area contributed by atoms with Crippen molar-refractivity contribution in [3.05, 3.63) is 35.9 Å². The van der Waals surface area contributed by atoms with Crippen molar-refractivity contribution in [3.63, 3.8) is 0 Å². The Bertz CT molecular complexity index is 452. The van der Waals surface area contributed by atoms with Crippen LogP contribution in [0.3, 0.4) is 0 Å². The average Bonchev–Trinajstić information content (AvgIpc) is 2.92. The second kappa shape index (κ2) is 7.08. The van der Waals surface area contributed by atoms with Gasteiger partial charge in [-0.1, -0.05) is 43.2 Å². The lowest BCUT2D eigenvalue weighted by molar-refractivity contribution is -0.141. The zero-order valence-corrected chi connectivity index (χ0v) is 11.5. The summed E-state index contributed by atoms with van der Waals surface area (Å²) in [4.78, 5) is 23.2. The van der Waals surface area contributed by atoms with Gasteiger partial charge >= 0.3 is 5.97 Å². The summed E-state index contributed by atoms with van der Waals surface area (Å²) in [5, 5.41) is 11.9. The molecule has 1 fully saturated rings. The van der Waals surface area contributed by atoms with E-state index in [-0.39, 0.29) is 5.91 Å². The molecule has 0 heterocycles. The number of hydrogen-bond acceptors (Lipinski definition) is 2. The molecule has 1 atom stereocenters. The fraction of sp³-hybridized carbons (Fsp3) is 0.500. The van der Waals surface area contributed by atoms with Crippen molar-refractivity contribution >= 4 is 11.9 Å². The number of carbonyl (C=O) groups is 2. The number of carboxylic acid groups (broad SMARTS) is 1. The molecule has 0 bridgehead atoms. The van der Waals surface area contributed by atoms with Crippen LogP contribution in [0.4, 0.5) is 0 Å². The van der Waals surface area contributed by atoms with Gasteiger partial charge in [-0.15, -0.1) is 0 Å². The Morgan fingerprint density at radius 1 is 1.20 bits per heavy atom. The molecule has 0 unspecified atom stereocenters. The van der Waals surface area contributed by atoms with Crippen LogP contribution in [0, 0.1) is 5.92 Å². The molecule has 1 amide bonds. The van der Waals surface area contributed by atoms with Gasteiger partial charge in [-0.3, -0.25) is 4.79 Å². The smallest absolute Gasteiger partial charge is 0.326 e. The molecule has 1 saturated carbocycles. The maximum Gasteiger partial charge on any atom is 0.326 e. The van der Waals surface area contributed by atoms with Gasteiger partial charge in [0.1, 0.15) is 6.04 Å². The van der Waals surface area contributed by atoms with Crippen LogP contribution >= 0.6 is 0 Å². The monoisotopic (exact) mass is 275 g/mol. The minimum atomic E-state index is -0.978. The lowest BCUT2D eigenvalue weighted by Crippen LogP contribution is -2.42. The van der Waals surface area contributed by atoms with Gasteiger partial charge in [-0.25, -0.2) is 4.79 Å². The summed E-state index contributed by atoms with van der Waals surface area (Å²) in [6.07, 6.45) is 5.33. The van der Waals surface area contributed by atoms with E-state index in [9.17, 15) is 14.7 Å². The van der Waals surface area contributed by atoms with Gasteiger partial charge in [-0.2, -0.15) is 0 Å². The maximum atomic E-state index is 11.9. The van der Waals surface area contributed by atoms with E-state index in [1.54, 1.807) is 0 Å². The van der Waals surface area contributed by atoms with E-state index in [4.69, 9.17) is 0 Å². The molecule has 0 aromatic heterocycles. The standard InChI is InChI=1S/C16H21NO3/c18-15(11-13-8-4-5-9-13)17-14(16(19)20)10-12-6-2-1-3-7-12/h1-3,6-7,13-14H,4-5,8-11H2,(H,17,18)(H,19,20)/t14-/m0/s1. The Balaban J connectivity index is 1.88. The lowest BCUT2D eigenvalue weighted by Gasteiger charge is -2.16. The third-order valence-electron chi connectivity index (χ3n) is 3.86. The summed E-state index contributed by atoms with van der Waals surface area (Å²) >= 11 is 0. The Morgan fingerprint density at radius 2 is 1.85 bits per heavy atom. The molecule has 2 N–H and O–H groups in total. The molecule has 108 valence electrons. The highest BCUT2D eigenvalue weighted by molar-refractivity contribution is 5.83. The van der Waals surface area contributed by atoms with E-state index in [1.807, 2.05) is 30.3 Å². The minimum Gasteiger partial charge on any atom is -0.480 e. The minimum absolute atomic E-state index is 0.139. The number of hydrogen-bond donors (Lipinski definition) is 2. The molecule has 1 aliphatic rings. The summed E-state index contributed by atoms with van der Waals surface area (Å²) in [7, 11) is 0. The molecule has 0 spiro atoms. The molecule has 2 rings (SSSR count). The van der Waals surface area contributed by atoms with Gasteiger partial charge in [0, 0.05) is 12.8 Å². The van der Waals surface area contributed by atoms with Gasteiger partial charge in [-0.05, 0) is 24.3 Å². The van der Waals surface area contributed by atoms with Crippen LogP contribution in [0.1, 0.15) is 37.7 Å². The first-order valence-corrected chi connectivity index (χ1v) is 7.21. The van der Waals surface area contributed by atoms with Gasteiger partial charge in [0.2, 0.25) is 5.91 Å². The van der Waals surface area contributed by atoms with Crippen LogP contribution in [-0.2, 0) is 16.0 Å². The van der Waals surface area contributed by atoms with Crippen LogP contribution in [-0.4, -0.2) is 23.0 Å². The molecule has 0 saturated heterocycles. The number of aliphatic carboxylic acids is 1. The first kappa shape index (κ1) is 14.6. The van der Waals surface area contributed by atoms with Gasteiger partial charge < -0.3 is 10.4 Å². The van der Waals surface area contributed by atoms with Gasteiger partial charge in [0.05, 0.1) is 0 Å². The van der Waals surface area contributed by atoms with Crippen molar-refractivity contribution in [3.8, 4) is 0 Å². The van der Waals surface area contributed by atoms with E-state index >= 15 is 0 Å². The molecule has 0 aliphatic heterocycles. The van der Waals surface area contributed by atoms with E-state index in [0.29, 0.717) is 18.8 Å². The van der Waals surface area contributed by atoms with Gasteiger partial charge in [0.25, 0.3) is 0 Å². The largest absolute Gasteiger partial charge is 0.480 e. The molecular formula is C16H21NO3. The number of carbonyl (C=O) groups excluding carboxylic acids is 1. The van der Waals surface area contributed by atoms with Crippen LogP contribution in [0.5, 0.6) is 0 Å². The average molecular weight is 275 g/mol. The topological polar surface area (TPSA) is 66.4 Å². The van der Waals surface area contributed by atoms with Crippen molar-refractivity contribution in [2.45, 2.75) is 44.6 Å². The van der Waals surface area contributed by atoms with Crippen LogP contribution < -0.4 is 5.32 Å². The number of benzene rings is 1. The summed E-state index contributed by atoms with van der Waals surface area (Å²) < 4.78 is 0. The highest BCUT2D eigenvalue weighted by Crippen LogP contribution is 2.27. The first-order valence-electron chi connectivity index (χ1n) is 7.21. The van der Waals surface area contributed by atoms with Crippen LogP contribution in [0.25, 0.3) is 0 Å². The third kappa shape index (κ3) is 4.37. The normalized spacial score (nSPS) is 16.8. The lowest BCUT2D eigenvalue weighted by atomic mass is 10.0. The summed E-state index contributed by atoms with van der Waals surface area (Å²) in [5.74, 6) is -0.685. The molecule has 20 heavy (non-hydrogen) atoms. The maximum absolute atomic E-state index is 11.9. The summed E-state index contributed by atoms with van der Waals surface area (Å²) in [6.45, 7) is 0. The van der Waals surface area contributed by atoms with Crippen molar-refractivity contribution in [1.82, 2.24) is 5.32 Å². The zero-order valence-electron chi connectivity index (χ0n) is 11.5. The number of amides is 1. The fourth-order valence-electron chi connectivity index (χ4n) is 2.78. The molecule has 1 aliphatic carbocycles. The quantitative estimate of drug-likeness (QED) is 0.837. The predicted molar refractivity (Wildman–Crippen MR) is 76.3 cm³/mol. The zero-order chi connectivity index (χ0) is 14.4. The molecule has 1 aromatic rings. The summed E-state index contributed by atoms with van der Waals surface area (Å²) in [5.41, 5.74) is 0.918. The van der Waals surface area contributed by atoms with E-state index in [2.05, 4.69) is 5.32 Å². The highest BCUT2D eigenvalue weighted by Gasteiger charge is 2.23. The second-order valence-corrected chi connectivity index (χ2v) is 5.50. The molecular weight excluding hydrogens is 254 g/mol. The van der Waals surface area contributed by atoms with E-state index < -0.39 is 12.0 Å². The molecule has 0 radical (unpaired) electrons. The first-order chi connectivity index (χ1) is 9.65. The Labute approximate surface area is 119 Å². The number of rotatable bonds is 6. The van der Waals surface area contributed by atoms with Crippen LogP contribution in [0.2, 0.25) is 0 Å². The van der Waals surface area contributed by atoms with Crippen molar-refractivity contribution in [2.24, 2.45) is 5.92 Å². The summed E-state index contributed by atoms with van der Waals surface area (Å²) in [6, 6.07) is 8.53. The highest BCUT2D eigenvalue weighted by atomic mass is 16.4. The Morgan fingerprint density at radius 3 is 2.45 bits per heavy atom.